The maximum atomic E-state index is 13.4. The van der Waals surface area contributed by atoms with Gasteiger partial charge in [-0.1, -0.05) is 18.2 Å². The predicted molar refractivity (Wildman–Crippen MR) is 122 cm³/mol. The fourth-order valence-electron chi connectivity index (χ4n) is 7.05. The number of aromatic nitrogens is 3. The van der Waals surface area contributed by atoms with Gasteiger partial charge in [-0.15, -0.1) is 0 Å². The number of pyridine rings is 1. The van der Waals surface area contributed by atoms with Crippen LogP contribution >= 0.6 is 0 Å². The molecule has 4 fully saturated rings. The van der Waals surface area contributed by atoms with Gasteiger partial charge in [0.1, 0.15) is 0 Å². The summed E-state index contributed by atoms with van der Waals surface area (Å²) in [6.07, 6.45) is 12.0. The van der Waals surface area contributed by atoms with Gasteiger partial charge in [-0.3, -0.25) is 9.48 Å². The molecule has 0 unspecified atom stereocenters. The molecule has 160 valence electrons. The number of hydrogen-bond donors (Lipinski definition) is 1. The summed E-state index contributed by atoms with van der Waals surface area (Å²) in [6, 6.07) is 9.88. The number of para-hydroxylation sites is 1. The highest BCUT2D eigenvalue weighted by Crippen LogP contribution is 2.59. The van der Waals surface area contributed by atoms with Crippen LogP contribution < -0.4 is 5.32 Å². The van der Waals surface area contributed by atoms with Crippen molar-refractivity contribution >= 4 is 16.8 Å². The van der Waals surface area contributed by atoms with E-state index in [-0.39, 0.29) is 5.91 Å². The molecule has 0 spiro atoms. The van der Waals surface area contributed by atoms with Crippen LogP contribution in [0.1, 0.15) is 55.8 Å². The highest BCUT2D eigenvalue weighted by molar-refractivity contribution is 6.07. The minimum Gasteiger partial charge on any atom is -0.351 e. The maximum Gasteiger partial charge on any atom is 0.252 e. The van der Waals surface area contributed by atoms with Gasteiger partial charge in [-0.05, 0) is 80.8 Å². The third kappa shape index (κ3) is 3.35. The van der Waals surface area contributed by atoms with E-state index in [9.17, 15) is 4.79 Å². The number of amides is 1. The zero-order valence-corrected chi connectivity index (χ0v) is 18.2. The Labute approximate surface area is 183 Å². The summed E-state index contributed by atoms with van der Waals surface area (Å²) in [5, 5.41) is 8.65. The second-order valence-corrected chi connectivity index (χ2v) is 10.3. The van der Waals surface area contributed by atoms with E-state index in [0.717, 1.165) is 58.6 Å². The summed E-state index contributed by atoms with van der Waals surface area (Å²) in [6.45, 7) is 3.69. The molecule has 5 heteroatoms. The van der Waals surface area contributed by atoms with Crippen molar-refractivity contribution in [2.75, 3.05) is 6.54 Å². The fourth-order valence-corrected chi connectivity index (χ4v) is 7.05. The Morgan fingerprint density at radius 3 is 2.52 bits per heavy atom. The van der Waals surface area contributed by atoms with E-state index in [0.29, 0.717) is 5.41 Å². The quantitative estimate of drug-likeness (QED) is 0.634. The molecule has 2 heterocycles. The number of nitrogens with one attached hydrogen (secondary N) is 1. The third-order valence-corrected chi connectivity index (χ3v) is 8.00. The van der Waals surface area contributed by atoms with Gasteiger partial charge >= 0.3 is 0 Å². The molecule has 0 aliphatic heterocycles. The summed E-state index contributed by atoms with van der Waals surface area (Å²) in [7, 11) is 0. The standard InChI is InChI=1S/C26H30N4O/c1-2-30-15-20(14-28-30)24-10-22(21-5-3-4-6-23(21)29-24)25(31)27-16-26-11-17-7-18(12-26)9-19(8-17)13-26/h3-6,10,14-15,17-19H,2,7-9,11-13,16H2,1H3,(H,27,31). The van der Waals surface area contributed by atoms with Crippen LogP contribution in [0, 0.1) is 23.2 Å². The molecule has 5 nitrogen and oxygen atoms in total. The molecule has 4 aliphatic rings. The normalized spacial score (nSPS) is 28.9. The molecule has 2 aromatic heterocycles. The van der Waals surface area contributed by atoms with Crippen LogP contribution in [0.4, 0.5) is 0 Å². The monoisotopic (exact) mass is 414 g/mol. The molecule has 1 amide bonds. The lowest BCUT2D eigenvalue weighted by Gasteiger charge is -2.56. The summed E-state index contributed by atoms with van der Waals surface area (Å²) >= 11 is 0. The second kappa shape index (κ2) is 7.18. The van der Waals surface area contributed by atoms with E-state index >= 15 is 0 Å². The number of hydrogen-bond acceptors (Lipinski definition) is 3. The van der Waals surface area contributed by atoms with Crippen molar-refractivity contribution in [2.24, 2.45) is 23.2 Å². The van der Waals surface area contributed by atoms with Crippen molar-refractivity contribution in [1.29, 1.82) is 0 Å². The first kappa shape index (κ1) is 19.0. The lowest BCUT2D eigenvalue weighted by atomic mass is 9.49. The summed E-state index contributed by atoms with van der Waals surface area (Å²) in [5.41, 5.74) is 3.65. The Hall–Kier alpha value is -2.69. The molecule has 1 aromatic carbocycles. The lowest BCUT2D eigenvalue weighted by Crippen LogP contribution is -2.51. The molecule has 1 N–H and O–H groups in total. The van der Waals surface area contributed by atoms with E-state index in [1.807, 2.05) is 47.4 Å². The lowest BCUT2D eigenvalue weighted by molar-refractivity contribution is -0.0503. The van der Waals surface area contributed by atoms with E-state index in [1.54, 1.807) is 0 Å². The van der Waals surface area contributed by atoms with Crippen molar-refractivity contribution in [3.63, 3.8) is 0 Å². The molecule has 0 atom stereocenters. The first-order valence-electron chi connectivity index (χ1n) is 11.8. The van der Waals surface area contributed by atoms with Gasteiger partial charge in [0, 0.05) is 30.2 Å². The van der Waals surface area contributed by atoms with Gasteiger partial charge in [-0.25, -0.2) is 4.98 Å². The van der Waals surface area contributed by atoms with Gasteiger partial charge < -0.3 is 5.32 Å². The molecule has 4 saturated carbocycles. The smallest absolute Gasteiger partial charge is 0.252 e. The van der Waals surface area contributed by atoms with Gasteiger partial charge in [-0.2, -0.15) is 5.10 Å². The number of carbonyl (C=O) groups is 1. The van der Waals surface area contributed by atoms with Crippen molar-refractivity contribution in [3.05, 3.63) is 48.3 Å². The fraction of sp³-hybridized carbons (Fsp3) is 0.500. The SMILES string of the molecule is CCn1cc(-c2cc(C(=O)NCC34CC5CC(CC(C5)C3)C4)c3ccccc3n2)cn1. The van der Waals surface area contributed by atoms with Crippen LogP contribution in [0.3, 0.4) is 0 Å². The van der Waals surface area contributed by atoms with Crippen LogP contribution in [-0.4, -0.2) is 27.2 Å². The Balaban J connectivity index is 1.30. The predicted octanol–water partition coefficient (Wildman–Crippen LogP) is 5.06. The third-order valence-electron chi connectivity index (χ3n) is 8.00. The van der Waals surface area contributed by atoms with Crippen LogP contribution in [0.25, 0.3) is 22.2 Å². The number of carbonyl (C=O) groups excluding carboxylic acids is 1. The molecule has 0 saturated heterocycles. The van der Waals surface area contributed by atoms with Crippen LogP contribution in [0.5, 0.6) is 0 Å². The molecular formula is C26H30N4O. The molecule has 4 aliphatic carbocycles. The Morgan fingerprint density at radius 2 is 1.84 bits per heavy atom. The first-order valence-corrected chi connectivity index (χ1v) is 11.8. The minimum atomic E-state index is 0.0264. The zero-order chi connectivity index (χ0) is 21.0. The summed E-state index contributed by atoms with van der Waals surface area (Å²) < 4.78 is 1.89. The van der Waals surface area contributed by atoms with E-state index in [1.165, 1.54) is 38.5 Å². The number of aryl methyl sites for hydroxylation is 1. The number of fused-ring (bicyclic) bond motifs is 1. The van der Waals surface area contributed by atoms with Crippen molar-refractivity contribution < 1.29 is 4.79 Å². The molecule has 4 bridgehead atoms. The maximum absolute atomic E-state index is 13.4. The molecule has 31 heavy (non-hydrogen) atoms. The Bertz CT molecular complexity index is 1110. The van der Waals surface area contributed by atoms with Crippen molar-refractivity contribution in [2.45, 2.75) is 52.0 Å². The summed E-state index contributed by atoms with van der Waals surface area (Å²) in [4.78, 5) is 18.3. The van der Waals surface area contributed by atoms with Crippen molar-refractivity contribution in [3.8, 4) is 11.3 Å². The van der Waals surface area contributed by atoms with Gasteiger partial charge in [0.25, 0.3) is 5.91 Å². The van der Waals surface area contributed by atoms with E-state index in [2.05, 4.69) is 17.3 Å². The van der Waals surface area contributed by atoms with E-state index in [4.69, 9.17) is 4.98 Å². The number of nitrogens with zero attached hydrogens (tertiary/aromatic N) is 3. The largest absolute Gasteiger partial charge is 0.351 e. The number of benzene rings is 1. The van der Waals surface area contributed by atoms with E-state index < -0.39 is 0 Å². The van der Waals surface area contributed by atoms with Crippen LogP contribution in [0.2, 0.25) is 0 Å². The molecule has 3 aromatic rings. The Morgan fingerprint density at radius 1 is 1.13 bits per heavy atom. The van der Waals surface area contributed by atoms with Crippen LogP contribution in [-0.2, 0) is 6.54 Å². The molecule has 7 rings (SSSR count). The Kier molecular flexibility index (Phi) is 4.41. The molecular weight excluding hydrogens is 384 g/mol. The second-order valence-electron chi connectivity index (χ2n) is 10.3. The zero-order valence-electron chi connectivity index (χ0n) is 18.2. The minimum absolute atomic E-state index is 0.0264. The summed E-state index contributed by atoms with van der Waals surface area (Å²) in [5.74, 6) is 2.71. The average Bonchev–Trinajstić information content (AvgIpc) is 3.25. The van der Waals surface area contributed by atoms with Gasteiger partial charge in [0.2, 0.25) is 0 Å². The highest BCUT2D eigenvalue weighted by atomic mass is 16.1. The first-order chi connectivity index (χ1) is 15.1. The number of rotatable bonds is 5. The van der Waals surface area contributed by atoms with Gasteiger partial charge in [0.05, 0.1) is 23.0 Å². The van der Waals surface area contributed by atoms with Crippen molar-refractivity contribution in [1.82, 2.24) is 20.1 Å². The van der Waals surface area contributed by atoms with Gasteiger partial charge in [0.15, 0.2) is 0 Å². The van der Waals surface area contributed by atoms with Crippen LogP contribution in [0.15, 0.2) is 42.7 Å². The topological polar surface area (TPSA) is 59.8 Å². The molecule has 0 radical (unpaired) electrons. The highest BCUT2D eigenvalue weighted by Gasteiger charge is 2.50. The average molecular weight is 415 g/mol.